The first-order valence-electron chi connectivity index (χ1n) is 11.8. The molecule has 0 aliphatic heterocycles. The number of thiophene rings is 1. The van der Waals surface area contributed by atoms with Gasteiger partial charge in [-0.05, 0) is 74.3 Å². The minimum atomic E-state index is 0.0612. The van der Waals surface area contributed by atoms with E-state index in [1.54, 1.807) is 11.3 Å². The first-order chi connectivity index (χ1) is 14.3. The van der Waals surface area contributed by atoms with Crippen molar-refractivity contribution in [3.63, 3.8) is 0 Å². The number of unbranched alkanes of at least 4 members (excludes halogenated alkanes) is 5. The van der Waals surface area contributed by atoms with Gasteiger partial charge in [-0.2, -0.15) is 0 Å². The molecule has 0 unspecified atom stereocenters. The summed E-state index contributed by atoms with van der Waals surface area (Å²) in [5.41, 5.74) is 4.50. The number of nitrogens with one attached hydrogen (secondary N) is 1. The van der Waals surface area contributed by atoms with Crippen LogP contribution in [-0.2, 0) is 0 Å². The van der Waals surface area contributed by atoms with Crippen molar-refractivity contribution in [2.45, 2.75) is 92.4 Å². The predicted octanol–water partition coefficient (Wildman–Crippen LogP) is 8.32. The van der Waals surface area contributed by atoms with E-state index in [0.717, 1.165) is 22.7 Å². The van der Waals surface area contributed by atoms with E-state index in [2.05, 4.69) is 64.2 Å². The third-order valence-electron chi connectivity index (χ3n) is 6.09. The number of carbonyl (C=O) groups excluding carboxylic acids is 1. The van der Waals surface area contributed by atoms with Gasteiger partial charge in [0.05, 0.1) is 4.88 Å². The lowest BCUT2D eigenvalue weighted by Gasteiger charge is -2.32. The van der Waals surface area contributed by atoms with E-state index in [-0.39, 0.29) is 11.3 Å². The van der Waals surface area contributed by atoms with Crippen LogP contribution in [0.3, 0.4) is 0 Å². The first kappa shape index (κ1) is 24.7. The lowest BCUT2D eigenvalue weighted by atomic mass is 9.72. The smallest absolute Gasteiger partial charge is 0.261 e. The van der Waals surface area contributed by atoms with Gasteiger partial charge in [0.15, 0.2) is 0 Å². The number of carbonyl (C=O) groups is 1. The van der Waals surface area contributed by atoms with Crippen LogP contribution in [0.1, 0.15) is 107 Å². The molecule has 0 atom stereocenters. The molecule has 0 aromatic carbocycles. The summed E-state index contributed by atoms with van der Waals surface area (Å²) in [7, 11) is 0. The average molecular weight is 428 g/mol. The van der Waals surface area contributed by atoms with Crippen molar-refractivity contribution in [2.75, 3.05) is 6.54 Å². The second-order valence-corrected chi connectivity index (χ2v) is 10.5. The van der Waals surface area contributed by atoms with E-state index in [1.165, 1.54) is 68.1 Å². The summed E-state index contributed by atoms with van der Waals surface area (Å²) in [4.78, 5) is 14.3. The Bertz CT molecular complexity index is 779. The summed E-state index contributed by atoms with van der Waals surface area (Å²) < 4.78 is 0. The molecule has 0 radical (unpaired) electrons. The molecule has 1 amide bonds. The Morgan fingerprint density at radius 2 is 1.90 bits per heavy atom. The minimum absolute atomic E-state index is 0.0612. The van der Waals surface area contributed by atoms with E-state index in [0.29, 0.717) is 0 Å². The zero-order valence-electron chi connectivity index (χ0n) is 19.8. The van der Waals surface area contributed by atoms with Crippen LogP contribution >= 0.6 is 11.3 Å². The van der Waals surface area contributed by atoms with Crippen LogP contribution in [0.4, 0.5) is 0 Å². The second-order valence-electron chi connectivity index (χ2n) is 9.38. The van der Waals surface area contributed by atoms with Crippen LogP contribution in [0.2, 0.25) is 0 Å². The molecule has 1 N–H and O–H groups in total. The molecule has 30 heavy (non-hydrogen) atoms. The quantitative estimate of drug-likeness (QED) is 0.279. The average Bonchev–Trinajstić information content (AvgIpc) is 3.14. The SMILES string of the molecule is CCCCCCCCNC(=O)c1ccc(/C=C(\C)C=CC2=C(C)CCCC2(C)C)s1. The number of amides is 1. The lowest BCUT2D eigenvalue weighted by Crippen LogP contribution is -2.23. The Kier molecular flexibility index (Phi) is 10.1. The topological polar surface area (TPSA) is 29.1 Å². The highest BCUT2D eigenvalue weighted by atomic mass is 32.1. The molecule has 1 aliphatic rings. The van der Waals surface area contributed by atoms with Crippen molar-refractivity contribution in [1.29, 1.82) is 0 Å². The normalized spacial score (nSPS) is 17.0. The van der Waals surface area contributed by atoms with Gasteiger partial charge < -0.3 is 5.32 Å². The monoisotopic (exact) mass is 427 g/mol. The molecule has 2 nitrogen and oxygen atoms in total. The standard InChI is InChI=1S/C27H41NOS/c1-6-7-8-9-10-11-19-28-26(29)25-17-15-23(30-25)20-21(2)14-16-24-22(3)13-12-18-27(24,4)5/h14-17,20H,6-13,18-19H2,1-5H3,(H,28,29)/b16-14?,21-20+. The Morgan fingerprint density at radius 1 is 1.17 bits per heavy atom. The zero-order valence-corrected chi connectivity index (χ0v) is 20.6. The van der Waals surface area contributed by atoms with Crippen LogP contribution < -0.4 is 5.32 Å². The predicted molar refractivity (Wildman–Crippen MR) is 133 cm³/mol. The summed E-state index contributed by atoms with van der Waals surface area (Å²) in [5, 5.41) is 3.07. The molecule has 1 heterocycles. The van der Waals surface area contributed by atoms with Crippen LogP contribution in [0.25, 0.3) is 6.08 Å². The summed E-state index contributed by atoms with van der Waals surface area (Å²) in [6.07, 6.45) is 17.9. The second kappa shape index (κ2) is 12.3. The van der Waals surface area contributed by atoms with Gasteiger partial charge in [0, 0.05) is 11.4 Å². The third-order valence-corrected chi connectivity index (χ3v) is 7.12. The van der Waals surface area contributed by atoms with Gasteiger partial charge in [-0.3, -0.25) is 4.79 Å². The lowest BCUT2D eigenvalue weighted by molar-refractivity contribution is 0.0957. The fourth-order valence-electron chi connectivity index (χ4n) is 4.24. The molecule has 0 bridgehead atoms. The summed E-state index contributed by atoms with van der Waals surface area (Å²) in [6.45, 7) is 12.1. The Balaban J connectivity index is 1.86. The highest BCUT2D eigenvalue weighted by Gasteiger charge is 2.26. The zero-order chi connectivity index (χ0) is 22.0. The highest BCUT2D eigenvalue weighted by Crippen LogP contribution is 2.40. The molecule has 166 valence electrons. The first-order valence-corrected chi connectivity index (χ1v) is 12.6. The fraction of sp³-hybridized carbons (Fsp3) is 0.593. The molecule has 1 aromatic heterocycles. The van der Waals surface area contributed by atoms with Gasteiger partial charge in [-0.15, -0.1) is 11.3 Å². The number of allylic oxidation sites excluding steroid dienone is 5. The maximum atomic E-state index is 12.4. The number of hydrogen-bond acceptors (Lipinski definition) is 2. The van der Waals surface area contributed by atoms with E-state index in [4.69, 9.17) is 0 Å². The van der Waals surface area contributed by atoms with Crippen molar-refractivity contribution in [1.82, 2.24) is 5.32 Å². The van der Waals surface area contributed by atoms with Crippen molar-refractivity contribution < 1.29 is 4.79 Å². The Morgan fingerprint density at radius 3 is 2.63 bits per heavy atom. The van der Waals surface area contributed by atoms with Gasteiger partial charge in [0.2, 0.25) is 0 Å². The fourth-order valence-corrected chi connectivity index (χ4v) is 5.18. The summed E-state index contributed by atoms with van der Waals surface area (Å²) in [6, 6.07) is 4.00. The minimum Gasteiger partial charge on any atom is -0.351 e. The molecular formula is C27H41NOS. The van der Waals surface area contributed by atoms with Crippen LogP contribution in [0.15, 0.2) is 41.0 Å². The third kappa shape index (κ3) is 7.91. The molecule has 0 saturated carbocycles. The van der Waals surface area contributed by atoms with Crippen molar-refractivity contribution in [3.05, 3.63) is 50.8 Å². The summed E-state index contributed by atoms with van der Waals surface area (Å²) in [5.74, 6) is 0.0612. The van der Waals surface area contributed by atoms with Crippen molar-refractivity contribution in [3.8, 4) is 0 Å². The van der Waals surface area contributed by atoms with Gasteiger partial charge in [-0.1, -0.05) is 70.6 Å². The van der Waals surface area contributed by atoms with Crippen molar-refractivity contribution in [2.24, 2.45) is 5.41 Å². The van der Waals surface area contributed by atoms with E-state index in [1.807, 2.05) is 6.07 Å². The Labute approximate surface area is 188 Å². The maximum absolute atomic E-state index is 12.4. The maximum Gasteiger partial charge on any atom is 0.261 e. The van der Waals surface area contributed by atoms with Gasteiger partial charge in [-0.25, -0.2) is 0 Å². The molecule has 2 rings (SSSR count). The van der Waals surface area contributed by atoms with Gasteiger partial charge in [0.25, 0.3) is 5.91 Å². The highest BCUT2D eigenvalue weighted by molar-refractivity contribution is 7.14. The molecular weight excluding hydrogens is 386 g/mol. The molecule has 0 fully saturated rings. The van der Waals surface area contributed by atoms with Crippen LogP contribution in [-0.4, -0.2) is 12.5 Å². The number of hydrogen-bond donors (Lipinski definition) is 1. The number of rotatable bonds is 11. The molecule has 0 spiro atoms. The molecule has 3 heteroatoms. The van der Waals surface area contributed by atoms with Crippen molar-refractivity contribution >= 4 is 23.3 Å². The van der Waals surface area contributed by atoms with Crippen LogP contribution in [0.5, 0.6) is 0 Å². The van der Waals surface area contributed by atoms with E-state index >= 15 is 0 Å². The largest absolute Gasteiger partial charge is 0.351 e. The summed E-state index contributed by atoms with van der Waals surface area (Å²) >= 11 is 1.57. The Hall–Kier alpha value is -1.61. The molecule has 1 aromatic rings. The van der Waals surface area contributed by atoms with Crippen LogP contribution in [0, 0.1) is 5.41 Å². The molecule has 0 saturated heterocycles. The van der Waals surface area contributed by atoms with E-state index in [9.17, 15) is 4.79 Å². The van der Waals surface area contributed by atoms with Gasteiger partial charge in [0.1, 0.15) is 0 Å². The van der Waals surface area contributed by atoms with E-state index < -0.39 is 0 Å². The van der Waals surface area contributed by atoms with Gasteiger partial charge >= 0.3 is 0 Å². The molecule has 1 aliphatic carbocycles.